The van der Waals surface area contributed by atoms with Gasteiger partial charge >= 0.3 is 0 Å². The van der Waals surface area contributed by atoms with Crippen molar-refractivity contribution in [3.05, 3.63) is 11.9 Å². The van der Waals surface area contributed by atoms with Crippen molar-refractivity contribution in [2.24, 2.45) is 0 Å². The lowest BCUT2D eigenvalue weighted by Crippen LogP contribution is -1.93. The second-order valence-electron chi connectivity index (χ2n) is 6.46. The number of thiol groups is 1. The molecule has 0 saturated heterocycles. The van der Waals surface area contributed by atoms with E-state index < -0.39 is 0 Å². The van der Waals surface area contributed by atoms with Crippen LogP contribution in [0.2, 0.25) is 0 Å². The third-order valence-corrected chi connectivity index (χ3v) is 4.72. The minimum atomic E-state index is 1.05. The van der Waals surface area contributed by atoms with Gasteiger partial charge in [0.25, 0.3) is 0 Å². The average molecular weight is 326 g/mol. The molecule has 1 rings (SSSR count). The van der Waals surface area contributed by atoms with Crippen LogP contribution in [0, 0.1) is 0 Å². The largest absolute Gasteiger partial charge is 0.194 e. The van der Waals surface area contributed by atoms with Crippen LogP contribution in [0.15, 0.2) is 6.20 Å². The molecule has 0 amide bonds. The van der Waals surface area contributed by atoms with Gasteiger partial charge in [0.2, 0.25) is 0 Å². The molecular weight excluding hydrogens is 290 g/mol. The summed E-state index contributed by atoms with van der Waals surface area (Å²) in [5.41, 5.74) is 1.13. The standard InChI is InChI=1S/C18H35N3S/c1-2-3-4-5-6-7-8-9-10-11-12-13-14-15-16-18-17-19-20-21(18)22/h17,22H,2-16H2,1H3. The van der Waals surface area contributed by atoms with Crippen LogP contribution in [0.25, 0.3) is 0 Å². The maximum atomic E-state index is 4.21. The molecule has 0 bridgehead atoms. The maximum absolute atomic E-state index is 4.21. The van der Waals surface area contributed by atoms with E-state index in [0.717, 1.165) is 12.1 Å². The Morgan fingerprint density at radius 2 is 1.23 bits per heavy atom. The van der Waals surface area contributed by atoms with Gasteiger partial charge in [-0.15, -0.1) is 5.10 Å². The summed E-state index contributed by atoms with van der Waals surface area (Å²) in [5, 5.41) is 7.67. The second kappa shape index (κ2) is 14.1. The van der Waals surface area contributed by atoms with Crippen LogP contribution >= 0.6 is 12.8 Å². The number of aromatic nitrogens is 3. The molecule has 1 aromatic rings. The van der Waals surface area contributed by atoms with Crippen molar-refractivity contribution in [1.82, 2.24) is 14.4 Å². The van der Waals surface area contributed by atoms with Crippen molar-refractivity contribution in [3.63, 3.8) is 0 Å². The number of hydrogen-bond acceptors (Lipinski definition) is 3. The Hall–Kier alpha value is -0.510. The molecule has 0 N–H and O–H groups in total. The third kappa shape index (κ3) is 10.3. The van der Waals surface area contributed by atoms with Gasteiger partial charge in [-0.2, -0.15) is 4.09 Å². The molecule has 0 aliphatic carbocycles. The zero-order chi connectivity index (χ0) is 15.9. The third-order valence-electron chi connectivity index (χ3n) is 4.39. The van der Waals surface area contributed by atoms with Crippen molar-refractivity contribution >= 4 is 12.8 Å². The Bertz CT molecular complexity index is 352. The topological polar surface area (TPSA) is 30.7 Å². The first-order valence-electron chi connectivity index (χ1n) is 9.43. The van der Waals surface area contributed by atoms with Crippen LogP contribution in [-0.4, -0.2) is 14.4 Å². The Morgan fingerprint density at radius 3 is 1.64 bits per heavy atom. The Balaban J connectivity index is 1.74. The fraction of sp³-hybridized carbons (Fsp3) is 0.889. The van der Waals surface area contributed by atoms with Gasteiger partial charge in [0.15, 0.2) is 0 Å². The molecule has 0 saturated carbocycles. The van der Waals surface area contributed by atoms with Crippen molar-refractivity contribution in [2.75, 3.05) is 0 Å². The normalized spacial score (nSPS) is 11.2. The molecule has 0 spiro atoms. The summed E-state index contributed by atoms with van der Waals surface area (Å²) < 4.78 is 1.59. The van der Waals surface area contributed by atoms with Crippen molar-refractivity contribution in [3.8, 4) is 0 Å². The number of unbranched alkanes of at least 4 members (excludes halogenated alkanes) is 13. The summed E-state index contributed by atoms with van der Waals surface area (Å²) in [4.78, 5) is 0. The average Bonchev–Trinajstić information content (AvgIpc) is 2.93. The predicted molar refractivity (Wildman–Crippen MR) is 98.4 cm³/mol. The number of hydrogen-bond donors (Lipinski definition) is 1. The van der Waals surface area contributed by atoms with Gasteiger partial charge in [-0.1, -0.05) is 95.6 Å². The van der Waals surface area contributed by atoms with Crippen LogP contribution in [0.4, 0.5) is 0 Å². The van der Waals surface area contributed by atoms with E-state index in [1.807, 2.05) is 6.20 Å². The van der Waals surface area contributed by atoms with E-state index in [-0.39, 0.29) is 0 Å². The summed E-state index contributed by atoms with van der Waals surface area (Å²) in [6, 6.07) is 0. The molecule has 1 heterocycles. The van der Waals surface area contributed by atoms with E-state index in [0.29, 0.717) is 0 Å². The molecule has 0 fully saturated rings. The van der Waals surface area contributed by atoms with Crippen molar-refractivity contribution in [1.29, 1.82) is 0 Å². The lowest BCUT2D eigenvalue weighted by atomic mass is 10.0. The fourth-order valence-corrected chi connectivity index (χ4v) is 3.11. The van der Waals surface area contributed by atoms with Gasteiger partial charge in [0.05, 0.1) is 11.9 Å². The summed E-state index contributed by atoms with van der Waals surface area (Å²) in [6.45, 7) is 2.28. The number of aryl methyl sites for hydroxylation is 1. The first-order valence-corrected chi connectivity index (χ1v) is 9.83. The quantitative estimate of drug-likeness (QED) is 0.317. The molecule has 0 atom stereocenters. The van der Waals surface area contributed by atoms with E-state index in [4.69, 9.17) is 0 Å². The first kappa shape index (κ1) is 19.5. The molecule has 128 valence electrons. The second-order valence-corrected chi connectivity index (χ2v) is 6.84. The Kier molecular flexibility index (Phi) is 12.5. The van der Waals surface area contributed by atoms with Crippen LogP contribution < -0.4 is 0 Å². The SMILES string of the molecule is CCCCCCCCCCCCCCCCc1cnnn1S. The van der Waals surface area contributed by atoms with Gasteiger partial charge in [0.1, 0.15) is 0 Å². The fourth-order valence-electron chi connectivity index (χ4n) is 2.92. The van der Waals surface area contributed by atoms with Crippen LogP contribution in [0.5, 0.6) is 0 Å². The molecule has 4 heteroatoms. The molecule has 0 aromatic carbocycles. The smallest absolute Gasteiger partial charge is 0.0736 e. The molecule has 1 aromatic heterocycles. The minimum Gasteiger partial charge on any atom is -0.194 e. The zero-order valence-electron chi connectivity index (χ0n) is 14.5. The van der Waals surface area contributed by atoms with Crippen LogP contribution in [0.3, 0.4) is 0 Å². The van der Waals surface area contributed by atoms with Crippen molar-refractivity contribution in [2.45, 2.75) is 103 Å². The Labute approximate surface area is 142 Å². The monoisotopic (exact) mass is 325 g/mol. The summed E-state index contributed by atoms with van der Waals surface area (Å²) in [7, 11) is 0. The van der Waals surface area contributed by atoms with Gasteiger partial charge in [-0.3, -0.25) is 0 Å². The minimum absolute atomic E-state index is 1.05. The summed E-state index contributed by atoms with van der Waals surface area (Å²) in [5.74, 6) is 0. The van der Waals surface area contributed by atoms with E-state index in [9.17, 15) is 0 Å². The number of nitrogens with zero attached hydrogens (tertiary/aromatic N) is 3. The predicted octanol–water partition coefficient (Wildman–Crippen LogP) is 5.99. The molecule has 0 aliphatic heterocycles. The molecule has 0 unspecified atom stereocenters. The lowest BCUT2D eigenvalue weighted by Gasteiger charge is -2.03. The first-order chi connectivity index (χ1) is 10.8. The maximum Gasteiger partial charge on any atom is 0.0736 e. The van der Waals surface area contributed by atoms with Gasteiger partial charge in [0, 0.05) is 0 Å². The molecule has 22 heavy (non-hydrogen) atoms. The van der Waals surface area contributed by atoms with Gasteiger partial charge in [-0.25, -0.2) is 0 Å². The van der Waals surface area contributed by atoms with Crippen molar-refractivity contribution < 1.29 is 0 Å². The summed E-state index contributed by atoms with van der Waals surface area (Å²) >= 11 is 4.21. The van der Waals surface area contributed by atoms with Crippen LogP contribution in [-0.2, 0) is 6.42 Å². The van der Waals surface area contributed by atoms with E-state index >= 15 is 0 Å². The Morgan fingerprint density at radius 1 is 0.773 bits per heavy atom. The highest BCUT2D eigenvalue weighted by Gasteiger charge is 2.00. The van der Waals surface area contributed by atoms with E-state index in [1.54, 1.807) is 4.09 Å². The molecular formula is C18H35N3S. The van der Waals surface area contributed by atoms with Crippen LogP contribution in [0.1, 0.15) is 103 Å². The zero-order valence-corrected chi connectivity index (χ0v) is 15.4. The highest BCUT2D eigenvalue weighted by atomic mass is 32.1. The molecule has 0 aliphatic rings. The van der Waals surface area contributed by atoms with Gasteiger partial charge in [-0.05, 0) is 25.7 Å². The van der Waals surface area contributed by atoms with E-state index in [1.165, 1.54) is 89.9 Å². The molecule has 0 radical (unpaired) electrons. The number of rotatable bonds is 15. The van der Waals surface area contributed by atoms with Gasteiger partial charge < -0.3 is 0 Å². The van der Waals surface area contributed by atoms with E-state index in [2.05, 4.69) is 30.1 Å². The highest BCUT2D eigenvalue weighted by molar-refractivity contribution is 7.78. The molecule has 3 nitrogen and oxygen atoms in total. The lowest BCUT2D eigenvalue weighted by molar-refractivity contribution is 0.535. The highest BCUT2D eigenvalue weighted by Crippen LogP contribution is 2.13. The summed E-state index contributed by atoms with van der Waals surface area (Å²) in [6.07, 6.45) is 22.5.